The second-order valence-corrected chi connectivity index (χ2v) is 10.8. The molecule has 7 nitrogen and oxygen atoms in total. The van der Waals surface area contributed by atoms with Crippen molar-refractivity contribution in [2.75, 3.05) is 49.9 Å². The summed E-state index contributed by atoms with van der Waals surface area (Å²) in [6.07, 6.45) is 0.848. The number of nitrogens with zero attached hydrogens (tertiary/aromatic N) is 4. The molecular formula is C20H26N4O3S2. The summed E-state index contributed by atoms with van der Waals surface area (Å²) in [5, 5.41) is 3.11. The number of thiazole rings is 1. The largest absolute Gasteiger partial charge is 0.311 e. The summed E-state index contributed by atoms with van der Waals surface area (Å²) in [6.45, 7) is 6.77. The average Bonchev–Trinajstić information content (AvgIpc) is 3.34. The highest BCUT2D eigenvalue weighted by atomic mass is 32.2. The van der Waals surface area contributed by atoms with Crippen LogP contribution < -0.4 is 4.90 Å². The number of aromatic nitrogens is 1. The van der Waals surface area contributed by atoms with E-state index in [4.69, 9.17) is 0 Å². The Morgan fingerprint density at radius 1 is 1.17 bits per heavy atom. The fourth-order valence-corrected chi connectivity index (χ4v) is 5.65. The number of sulfonamides is 1. The molecule has 0 N–H and O–H groups in total. The highest BCUT2D eigenvalue weighted by Gasteiger charge is 2.29. The summed E-state index contributed by atoms with van der Waals surface area (Å²) < 4.78 is 25.5. The molecule has 0 saturated carbocycles. The van der Waals surface area contributed by atoms with Gasteiger partial charge in [0.1, 0.15) is 0 Å². The lowest BCUT2D eigenvalue weighted by atomic mass is 10.1. The Morgan fingerprint density at radius 3 is 2.59 bits per heavy atom. The summed E-state index contributed by atoms with van der Waals surface area (Å²) in [5.74, 6) is 0.201. The molecule has 2 aliphatic heterocycles. The van der Waals surface area contributed by atoms with Gasteiger partial charge in [0.25, 0.3) is 0 Å². The van der Waals surface area contributed by atoms with E-state index in [1.807, 2.05) is 24.0 Å². The number of amides is 1. The van der Waals surface area contributed by atoms with Crippen molar-refractivity contribution in [3.8, 4) is 11.3 Å². The SMILES string of the molecule is CCS(=O)(=O)N1CCN(CC(=O)N2CCc3cc(-c4csc(C)n4)ccc32)CC1. The second kappa shape index (κ2) is 8.14. The standard InChI is InChI=1S/C20H26N4O3S2/c1-3-29(26,27)23-10-8-22(9-11-23)13-20(25)24-7-6-17-12-16(4-5-19(17)24)18-14-28-15(2)21-18/h4-5,12,14H,3,6-11,13H2,1-2H3. The molecule has 0 atom stereocenters. The highest BCUT2D eigenvalue weighted by molar-refractivity contribution is 7.89. The Balaban J connectivity index is 1.39. The van der Waals surface area contributed by atoms with Crippen LogP contribution >= 0.6 is 11.3 Å². The molecule has 1 fully saturated rings. The van der Waals surface area contributed by atoms with Crippen molar-refractivity contribution in [1.29, 1.82) is 0 Å². The molecule has 2 aromatic rings. The van der Waals surface area contributed by atoms with Gasteiger partial charge >= 0.3 is 0 Å². The van der Waals surface area contributed by atoms with Gasteiger partial charge in [-0.25, -0.2) is 13.4 Å². The van der Waals surface area contributed by atoms with Crippen LogP contribution in [0, 0.1) is 6.92 Å². The van der Waals surface area contributed by atoms with Crippen LogP contribution in [-0.4, -0.2) is 73.5 Å². The van der Waals surface area contributed by atoms with Crippen LogP contribution in [0.1, 0.15) is 17.5 Å². The van der Waals surface area contributed by atoms with Crippen molar-refractivity contribution >= 4 is 33.0 Å². The smallest absolute Gasteiger partial charge is 0.241 e. The molecule has 4 rings (SSSR count). The predicted molar refractivity (Wildman–Crippen MR) is 116 cm³/mol. The number of hydrogen-bond acceptors (Lipinski definition) is 6. The zero-order valence-corrected chi connectivity index (χ0v) is 18.4. The van der Waals surface area contributed by atoms with E-state index in [0.29, 0.717) is 39.3 Å². The van der Waals surface area contributed by atoms with Crippen molar-refractivity contribution < 1.29 is 13.2 Å². The normalized spacial score (nSPS) is 18.2. The molecule has 0 radical (unpaired) electrons. The van der Waals surface area contributed by atoms with Gasteiger partial charge in [-0.1, -0.05) is 6.07 Å². The number of aryl methyl sites for hydroxylation is 1. The number of benzene rings is 1. The van der Waals surface area contributed by atoms with Gasteiger partial charge < -0.3 is 4.90 Å². The van der Waals surface area contributed by atoms with Gasteiger partial charge in [0.15, 0.2) is 0 Å². The third-order valence-electron chi connectivity index (χ3n) is 5.64. The Hall–Kier alpha value is -1.81. The van der Waals surface area contributed by atoms with Crippen LogP contribution in [0.4, 0.5) is 5.69 Å². The third kappa shape index (κ3) is 4.23. The van der Waals surface area contributed by atoms with E-state index in [0.717, 1.165) is 28.4 Å². The number of carbonyl (C=O) groups is 1. The maximum Gasteiger partial charge on any atom is 0.241 e. The van der Waals surface area contributed by atoms with Crippen molar-refractivity contribution in [3.63, 3.8) is 0 Å². The number of piperazine rings is 1. The van der Waals surface area contributed by atoms with Crippen molar-refractivity contribution in [3.05, 3.63) is 34.2 Å². The lowest BCUT2D eigenvalue weighted by molar-refractivity contribution is -0.119. The van der Waals surface area contributed by atoms with E-state index < -0.39 is 10.0 Å². The number of anilines is 1. The monoisotopic (exact) mass is 434 g/mol. The molecule has 156 valence electrons. The van der Waals surface area contributed by atoms with E-state index in [9.17, 15) is 13.2 Å². The fourth-order valence-electron chi connectivity index (χ4n) is 3.94. The van der Waals surface area contributed by atoms with E-state index in [-0.39, 0.29) is 11.7 Å². The summed E-state index contributed by atoms with van der Waals surface area (Å²) in [4.78, 5) is 21.4. The first kappa shape index (κ1) is 20.5. The van der Waals surface area contributed by atoms with Gasteiger partial charge in [-0.05, 0) is 38.0 Å². The van der Waals surface area contributed by atoms with Crippen molar-refractivity contribution in [2.45, 2.75) is 20.3 Å². The minimum absolute atomic E-state index is 0.0767. The molecular weight excluding hydrogens is 408 g/mol. The van der Waals surface area contributed by atoms with Gasteiger partial charge in [0, 0.05) is 49.4 Å². The minimum atomic E-state index is -3.15. The quantitative estimate of drug-likeness (QED) is 0.719. The van der Waals surface area contributed by atoms with Gasteiger partial charge in [-0.3, -0.25) is 9.69 Å². The molecule has 0 spiro atoms. The number of carbonyl (C=O) groups excluding carboxylic acids is 1. The first-order valence-electron chi connectivity index (χ1n) is 9.93. The molecule has 9 heteroatoms. The molecule has 0 bridgehead atoms. The van der Waals surface area contributed by atoms with Crippen LogP contribution in [0.15, 0.2) is 23.6 Å². The first-order chi connectivity index (χ1) is 13.9. The summed E-state index contributed by atoms with van der Waals surface area (Å²) in [5.41, 5.74) is 4.24. The number of hydrogen-bond donors (Lipinski definition) is 0. The molecule has 0 unspecified atom stereocenters. The van der Waals surface area contributed by atoms with E-state index >= 15 is 0 Å². The van der Waals surface area contributed by atoms with Crippen LogP contribution in [0.5, 0.6) is 0 Å². The second-order valence-electron chi connectivity index (χ2n) is 7.47. The summed E-state index contributed by atoms with van der Waals surface area (Å²) in [7, 11) is -3.15. The van der Waals surface area contributed by atoms with E-state index in [1.54, 1.807) is 18.3 Å². The van der Waals surface area contributed by atoms with Gasteiger partial charge in [0.2, 0.25) is 15.9 Å². The first-order valence-corrected chi connectivity index (χ1v) is 12.4. The zero-order valence-electron chi connectivity index (χ0n) is 16.8. The molecule has 1 aromatic heterocycles. The number of fused-ring (bicyclic) bond motifs is 1. The Morgan fingerprint density at radius 2 is 1.93 bits per heavy atom. The molecule has 2 aliphatic rings. The summed E-state index contributed by atoms with van der Waals surface area (Å²) >= 11 is 1.64. The maximum atomic E-state index is 12.9. The van der Waals surface area contributed by atoms with Gasteiger partial charge in [-0.2, -0.15) is 4.31 Å². The maximum absolute atomic E-state index is 12.9. The fraction of sp³-hybridized carbons (Fsp3) is 0.500. The Bertz CT molecular complexity index is 1010. The minimum Gasteiger partial charge on any atom is -0.311 e. The van der Waals surface area contributed by atoms with Crippen LogP contribution in [0.2, 0.25) is 0 Å². The number of rotatable bonds is 5. The van der Waals surface area contributed by atoms with Crippen molar-refractivity contribution in [2.24, 2.45) is 0 Å². The molecule has 1 amide bonds. The van der Waals surface area contributed by atoms with Gasteiger partial charge in [-0.15, -0.1) is 11.3 Å². The van der Waals surface area contributed by atoms with E-state index in [1.165, 1.54) is 9.87 Å². The highest BCUT2D eigenvalue weighted by Crippen LogP contribution is 2.32. The topological polar surface area (TPSA) is 73.8 Å². The van der Waals surface area contributed by atoms with Crippen LogP contribution in [-0.2, 0) is 21.2 Å². The lowest BCUT2D eigenvalue weighted by Crippen LogP contribution is -2.51. The lowest BCUT2D eigenvalue weighted by Gasteiger charge is -2.34. The third-order valence-corrected chi connectivity index (χ3v) is 8.29. The Kier molecular flexibility index (Phi) is 5.74. The molecule has 29 heavy (non-hydrogen) atoms. The Labute approximate surface area is 176 Å². The van der Waals surface area contributed by atoms with E-state index in [2.05, 4.69) is 21.3 Å². The molecule has 1 aromatic carbocycles. The van der Waals surface area contributed by atoms with Crippen molar-refractivity contribution in [1.82, 2.24) is 14.2 Å². The molecule has 3 heterocycles. The average molecular weight is 435 g/mol. The zero-order chi connectivity index (χ0) is 20.6. The summed E-state index contributed by atoms with van der Waals surface area (Å²) in [6, 6.07) is 6.20. The molecule has 1 saturated heterocycles. The molecule has 0 aliphatic carbocycles. The van der Waals surface area contributed by atoms with Gasteiger partial charge in [0.05, 0.1) is 23.0 Å². The predicted octanol–water partition coefficient (Wildman–Crippen LogP) is 1.97. The van der Waals surface area contributed by atoms with Crippen LogP contribution in [0.3, 0.4) is 0 Å². The van der Waals surface area contributed by atoms with Crippen LogP contribution in [0.25, 0.3) is 11.3 Å².